The summed E-state index contributed by atoms with van der Waals surface area (Å²) < 4.78 is 0. The smallest absolute Gasteiger partial charge is 0.156 e. The molecule has 2 aromatic rings. The van der Waals surface area contributed by atoms with Crippen LogP contribution in [0.25, 0.3) is 0 Å². The van der Waals surface area contributed by atoms with E-state index < -0.39 is 0 Å². The van der Waals surface area contributed by atoms with Crippen molar-refractivity contribution in [2.24, 2.45) is 16.1 Å². The molecule has 0 aliphatic carbocycles. The first-order valence-corrected chi connectivity index (χ1v) is 10.2. The van der Waals surface area contributed by atoms with E-state index in [2.05, 4.69) is 27.8 Å². The lowest BCUT2D eigenvalue weighted by atomic mass is 9.80. The molecule has 3 aliphatic heterocycles. The molecule has 146 valence electrons. The summed E-state index contributed by atoms with van der Waals surface area (Å²) in [4.78, 5) is 23.7. The van der Waals surface area contributed by atoms with Crippen LogP contribution in [0.5, 0.6) is 0 Å². The molecule has 1 fully saturated rings. The second-order valence-electron chi connectivity index (χ2n) is 8.39. The third kappa shape index (κ3) is 2.94. The van der Waals surface area contributed by atoms with Gasteiger partial charge in [-0.2, -0.15) is 0 Å². The first-order chi connectivity index (χ1) is 13.7. The van der Waals surface area contributed by atoms with Gasteiger partial charge < -0.3 is 15.5 Å². The van der Waals surface area contributed by atoms with Crippen molar-refractivity contribution < 1.29 is 0 Å². The van der Waals surface area contributed by atoms with Crippen molar-refractivity contribution in [3.05, 3.63) is 41.6 Å². The summed E-state index contributed by atoms with van der Waals surface area (Å²) in [6.45, 7) is 6.56. The molecule has 0 unspecified atom stereocenters. The highest BCUT2D eigenvalue weighted by Crippen LogP contribution is 2.33. The molecule has 3 aliphatic rings. The number of hydrogen-bond acceptors (Lipinski definition) is 7. The van der Waals surface area contributed by atoms with Crippen molar-refractivity contribution in [3.8, 4) is 0 Å². The normalized spacial score (nSPS) is 20.6. The maximum Gasteiger partial charge on any atom is 0.156 e. The zero-order valence-corrected chi connectivity index (χ0v) is 16.4. The molecule has 0 bridgehead atoms. The van der Waals surface area contributed by atoms with E-state index >= 15 is 0 Å². The summed E-state index contributed by atoms with van der Waals surface area (Å²) in [5.74, 6) is 1.91. The number of rotatable bonds is 2. The van der Waals surface area contributed by atoms with Crippen molar-refractivity contribution >= 4 is 17.3 Å². The number of piperidine rings is 1. The number of aliphatic imine (C=N–C) groups is 1. The van der Waals surface area contributed by atoms with Crippen LogP contribution in [-0.2, 0) is 13.0 Å². The van der Waals surface area contributed by atoms with Crippen LogP contribution in [0.3, 0.4) is 0 Å². The van der Waals surface area contributed by atoms with Gasteiger partial charge in [0, 0.05) is 25.8 Å². The molecule has 28 heavy (non-hydrogen) atoms. The summed E-state index contributed by atoms with van der Waals surface area (Å²) in [5, 5.41) is 0. The zero-order chi connectivity index (χ0) is 19.1. The average molecular weight is 377 g/mol. The number of pyridine rings is 1. The number of aromatic nitrogens is 3. The number of fused-ring (bicyclic) bond motifs is 2. The topological polar surface area (TPSA) is 83.5 Å². The Bertz CT molecular complexity index is 915. The summed E-state index contributed by atoms with van der Waals surface area (Å²) in [6, 6.07) is 4.12. The van der Waals surface area contributed by atoms with Crippen LogP contribution < -0.4 is 15.5 Å². The number of nitrogens with zero attached hydrogens (tertiary/aromatic N) is 6. The Kier molecular flexibility index (Phi) is 4.27. The Morgan fingerprint density at radius 1 is 1.14 bits per heavy atom. The van der Waals surface area contributed by atoms with E-state index in [0.717, 1.165) is 86.3 Å². The van der Waals surface area contributed by atoms with E-state index in [1.54, 1.807) is 0 Å². The maximum atomic E-state index is 5.94. The highest BCUT2D eigenvalue weighted by Gasteiger charge is 2.32. The Balaban J connectivity index is 1.38. The van der Waals surface area contributed by atoms with Crippen LogP contribution in [0.4, 0.5) is 11.5 Å². The third-order valence-electron chi connectivity index (χ3n) is 6.42. The molecule has 0 aromatic carbocycles. The highest BCUT2D eigenvalue weighted by molar-refractivity contribution is 6.11. The Hall–Kier alpha value is -2.54. The van der Waals surface area contributed by atoms with Crippen molar-refractivity contribution in [2.75, 3.05) is 36.0 Å². The highest BCUT2D eigenvalue weighted by atomic mass is 15.3. The van der Waals surface area contributed by atoms with Gasteiger partial charge in [0.2, 0.25) is 0 Å². The fourth-order valence-corrected chi connectivity index (χ4v) is 4.40. The standard InChI is InChI=1S/C21H27N7/c1-21(14-22)6-10-27(11-7-21)18-13-24-19-16(26-18)12-25-20(19)28-9-3-4-15-17(28)5-2-8-23-15/h2,5,8,13H,3-4,6-7,9-12,14,22H2,1H3. The van der Waals surface area contributed by atoms with E-state index in [1.807, 2.05) is 18.5 Å². The molecular formula is C21H27N7. The van der Waals surface area contributed by atoms with E-state index in [0.29, 0.717) is 6.54 Å². The molecule has 0 spiro atoms. The lowest BCUT2D eigenvalue weighted by molar-refractivity contribution is 0.258. The van der Waals surface area contributed by atoms with Gasteiger partial charge in [0.1, 0.15) is 11.5 Å². The second-order valence-corrected chi connectivity index (χ2v) is 8.39. The second kappa shape index (κ2) is 6.81. The number of anilines is 2. The number of aryl methyl sites for hydroxylation is 1. The van der Waals surface area contributed by atoms with E-state index in [1.165, 1.54) is 0 Å². The van der Waals surface area contributed by atoms with Crippen LogP contribution in [0.1, 0.15) is 43.3 Å². The van der Waals surface area contributed by atoms with E-state index in [4.69, 9.17) is 20.7 Å². The molecule has 5 heterocycles. The van der Waals surface area contributed by atoms with E-state index in [-0.39, 0.29) is 5.41 Å². The van der Waals surface area contributed by atoms with Gasteiger partial charge in [-0.1, -0.05) is 6.92 Å². The van der Waals surface area contributed by atoms with Gasteiger partial charge in [-0.15, -0.1) is 0 Å². The Labute approximate surface area is 165 Å². The lowest BCUT2D eigenvalue weighted by Gasteiger charge is -2.39. The monoisotopic (exact) mass is 377 g/mol. The summed E-state index contributed by atoms with van der Waals surface area (Å²) in [7, 11) is 0. The third-order valence-corrected chi connectivity index (χ3v) is 6.42. The number of amidine groups is 1. The molecule has 0 radical (unpaired) electrons. The molecule has 7 heteroatoms. The molecule has 0 atom stereocenters. The van der Waals surface area contributed by atoms with Gasteiger partial charge in [-0.25, -0.2) is 9.97 Å². The molecule has 7 nitrogen and oxygen atoms in total. The fourth-order valence-electron chi connectivity index (χ4n) is 4.40. The molecule has 0 amide bonds. The molecule has 5 rings (SSSR count). The minimum Gasteiger partial charge on any atom is -0.355 e. The Morgan fingerprint density at radius 2 is 2.00 bits per heavy atom. The summed E-state index contributed by atoms with van der Waals surface area (Å²) >= 11 is 0. The molecule has 0 saturated carbocycles. The Morgan fingerprint density at radius 3 is 2.82 bits per heavy atom. The first-order valence-electron chi connectivity index (χ1n) is 10.2. The van der Waals surface area contributed by atoms with Crippen molar-refractivity contribution in [3.63, 3.8) is 0 Å². The molecule has 2 aromatic heterocycles. The predicted molar refractivity (Wildman–Crippen MR) is 111 cm³/mol. The van der Waals surface area contributed by atoms with E-state index in [9.17, 15) is 0 Å². The number of hydrogen-bond donors (Lipinski definition) is 1. The van der Waals surface area contributed by atoms with Gasteiger partial charge in [0.25, 0.3) is 0 Å². The maximum absolute atomic E-state index is 5.94. The summed E-state index contributed by atoms with van der Waals surface area (Å²) in [5.41, 5.74) is 10.4. The van der Waals surface area contributed by atoms with Crippen LogP contribution >= 0.6 is 0 Å². The minimum absolute atomic E-state index is 0.257. The average Bonchev–Trinajstić information content (AvgIpc) is 3.17. The number of nitrogens with two attached hydrogens (primary N) is 1. The predicted octanol–water partition coefficient (Wildman–Crippen LogP) is 2.15. The van der Waals surface area contributed by atoms with Gasteiger partial charge in [0.05, 0.1) is 29.8 Å². The van der Waals surface area contributed by atoms with Crippen LogP contribution in [0, 0.1) is 5.41 Å². The lowest BCUT2D eigenvalue weighted by Crippen LogP contribution is -2.42. The van der Waals surface area contributed by atoms with Gasteiger partial charge in [-0.05, 0) is 49.8 Å². The van der Waals surface area contributed by atoms with Gasteiger partial charge in [-0.3, -0.25) is 9.98 Å². The molecule has 1 saturated heterocycles. The molecule has 2 N–H and O–H groups in total. The van der Waals surface area contributed by atoms with Crippen molar-refractivity contribution in [2.45, 2.75) is 39.2 Å². The van der Waals surface area contributed by atoms with Crippen molar-refractivity contribution in [1.82, 2.24) is 15.0 Å². The van der Waals surface area contributed by atoms with Gasteiger partial charge >= 0.3 is 0 Å². The fraction of sp³-hybridized carbons (Fsp3) is 0.524. The SMILES string of the molecule is CC1(CN)CCN(c2cnc3c(n2)CN=C3N2CCCc3ncccc32)CC1. The summed E-state index contributed by atoms with van der Waals surface area (Å²) in [6.07, 6.45) is 8.08. The first kappa shape index (κ1) is 17.6. The van der Waals surface area contributed by atoms with Crippen molar-refractivity contribution in [1.29, 1.82) is 0 Å². The largest absolute Gasteiger partial charge is 0.355 e. The quantitative estimate of drug-likeness (QED) is 0.863. The van der Waals surface area contributed by atoms with Gasteiger partial charge in [0.15, 0.2) is 5.84 Å². The van der Waals surface area contributed by atoms with Crippen LogP contribution in [0.2, 0.25) is 0 Å². The van der Waals surface area contributed by atoms with Crippen LogP contribution in [-0.4, -0.2) is 47.0 Å². The zero-order valence-electron chi connectivity index (χ0n) is 16.4. The van der Waals surface area contributed by atoms with Crippen LogP contribution in [0.15, 0.2) is 29.5 Å². The minimum atomic E-state index is 0.257. The molecular weight excluding hydrogens is 350 g/mol.